The van der Waals surface area contributed by atoms with E-state index in [0.29, 0.717) is 9.39 Å². The van der Waals surface area contributed by atoms with Gasteiger partial charge in [-0.3, -0.25) is 10.1 Å². The molecule has 0 aliphatic carbocycles. The summed E-state index contributed by atoms with van der Waals surface area (Å²) in [5.74, 6) is -1.23. The molecule has 172 valence electrons. The summed E-state index contributed by atoms with van der Waals surface area (Å²) in [4.78, 5) is 21.4. The van der Waals surface area contributed by atoms with Crippen molar-refractivity contribution >= 4 is 28.8 Å². The van der Waals surface area contributed by atoms with Crippen LogP contribution in [0.15, 0.2) is 60.2 Å². The Morgan fingerprint density at radius 1 is 1.09 bits per heavy atom. The average Bonchev–Trinajstić information content (AvgIpc) is 3.54. The molecule has 0 saturated heterocycles. The molecule has 34 heavy (non-hydrogen) atoms. The van der Waals surface area contributed by atoms with Crippen molar-refractivity contribution in [3.63, 3.8) is 0 Å². The first-order valence-corrected chi connectivity index (χ1v) is 10.6. The van der Waals surface area contributed by atoms with Crippen molar-refractivity contribution in [1.82, 2.24) is 29.4 Å². The van der Waals surface area contributed by atoms with Crippen LogP contribution >= 0.6 is 11.3 Å². The normalized spacial score (nSPS) is 11.8. The summed E-state index contributed by atoms with van der Waals surface area (Å²) in [6.45, 7) is 0.280. The number of fused-ring (bicyclic) bond motifs is 1. The van der Waals surface area contributed by atoms with Crippen LogP contribution in [-0.4, -0.2) is 35.3 Å². The molecule has 4 aromatic heterocycles. The van der Waals surface area contributed by atoms with Gasteiger partial charge in [0.2, 0.25) is 5.95 Å². The van der Waals surface area contributed by atoms with E-state index in [1.807, 2.05) is 0 Å². The average molecular weight is 487 g/mol. The first-order chi connectivity index (χ1) is 16.3. The van der Waals surface area contributed by atoms with Crippen LogP contribution in [0.3, 0.4) is 0 Å². The molecule has 0 spiro atoms. The van der Waals surface area contributed by atoms with Crippen LogP contribution in [0.1, 0.15) is 21.7 Å². The molecule has 4 heterocycles. The van der Waals surface area contributed by atoms with E-state index in [1.54, 1.807) is 29.6 Å². The smallest absolute Gasteiger partial charge is 0.288 e. The number of halogens is 4. The zero-order valence-electron chi connectivity index (χ0n) is 17.0. The molecule has 0 atom stereocenters. The summed E-state index contributed by atoms with van der Waals surface area (Å²) >= 11 is 1.25. The fraction of sp³-hybridized carbons (Fsp3) is 0.0952. The van der Waals surface area contributed by atoms with E-state index in [9.17, 15) is 22.4 Å². The zero-order chi connectivity index (χ0) is 23.9. The van der Waals surface area contributed by atoms with E-state index < -0.39 is 17.8 Å². The number of hydrogen-bond acceptors (Lipinski definition) is 6. The second-order valence-electron chi connectivity index (χ2n) is 7.15. The van der Waals surface area contributed by atoms with Crippen molar-refractivity contribution in [2.24, 2.45) is 0 Å². The number of anilines is 1. The van der Waals surface area contributed by atoms with Crippen molar-refractivity contribution in [1.29, 1.82) is 0 Å². The van der Waals surface area contributed by atoms with Crippen molar-refractivity contribution < 1.29 is 22.4 Å². The maximum atomic E-state index is 13.7. The molecule has 8 nitrogen and oxygen atoms in total. The Bertz CT molecular complexity index is 1470. The number of thiophene rings is 1. The second kappa shape index (κ2) is 8.33. The summed E-state index contributed by atoms with van der Waals surface area (Å²) in [6, 6.07) is 11.2. The number of nitrogens with zero attached hydrogens (tertiary/aromatic N) is 6. The summed E-state index contributed by atoms with van der Waals surface area (Å²) in [6.07, 6.45) is -3.35. The van der Waals surface area contributed by atoms with Gasteiger partial charge in [0.1, 0.15) is 12.1 Å². The number of carbonyl (C=O) groups is 1. The lowest BCUT2D eigenvalue weighted by molar-refractivity contribution is -0.142. The SMILES string of the molecule is O=C(Nc1ncn(Cc2ccc(F)cc2)n1)c1cc2nc(-c3cccs3)cc(C(F)(F)F)n2n1. The fourth-order valence-electron chi connectivity index (χ4n) is 3.21. The van der Waals surface area contributed by atoms with Crippen molar-refractivity contribution in [2.45, 2.75) is 12.7 Å². The Morgan fingerprint density at radius 2 is 1.88 bits per heavy atom. The third kappa shape index (κ3) is 4.37. The van der Waals surface area contributed by atoms with Crippen molar-refractivity contribution in [3.8, 4) is 10.6 Å². The molecule has 1 N–H and O–H groups in total. The molecule has 0 fully saturated rings. The van der Waals surface area contributed by atoms with E-state index in [0.717, 1.165) is 17.7 Å². The van der Waals surface area contributed by atoms with Crippen LogP contribution in [0.2, 0.25) is 0 Å². The van der Waals surface area contributed by atoms with Gasteiger partial charge in [0.25, 0.3) is 5.91 Å². The van der Waals surface area contributed by atoms with E-state index in [2.05, 4.69) is 25.5 Å². The monoisotopic (exact) mass is 487 g/mol. The highest BCUT2D eigenvalue weighted by molar-refractivity contribution is 7.13. The lowest BCUT2D eigenvalue weighted by atomic mass is 10.2. The van der Waals surface area contributed by atoms with Crippen molar-refractivity contribution in [2.75, 3.05) is 5.32 Å². The number of carbonyl (C=O) groups excluding carboxylic acids is 1. The van der Waals surface area contributed by atoms with E-state index in [4.69, 9.17) is 0 Å². The zero-order valence-corrected chi connectivity index (χ0v) is 17.8. The molecule has 0 unspecified atom stereocenters. The lowest BCUT2D eigenvalue weighted by Gasteiger charge is -2.10. The van der Waals surface area contributed by atoms with Crippen LogP contribution in [0.4, 0.5) is 23.5 Å². The van der Waals surface area contributed by atoms with Crippen LogP contribution < -0.4 is 5.32 Å². The largest absolute Gasteiger partial charge is 0.433 e. The number of rotatable bonds is 5. The molecule has 1 aromatic carbocycles. The molecule has 1 amide bonds. The van der Waals surface area contributed by atoms with Gasteiger partial charge in [0.15, 0.2) is 17.0 Å². The lowest BCUT2D eigenvalue weighted by Crippen LogP contribution is -2.16. The highest BCUT2D eigenvalue weighted by atomic mass is 32.1. The van der Waals surface area contributed by atoms with Crippen LogP contribution in [0.25, 0.3) is 16.2 Å². The van der Waals surface area contributed by atoms with Crippen LogP contribution in [-0.2, 0) is 12.7 Å². The van der Waals surface area contributed by atoms with Gasteiger partial charge in [0, 0.05) is 6.07 Å². The summed E-state index contributed by atoms with van der Waals surface area (Å²) in [7, 11) is 0. The van der Waals surface area contributed by atoms with E-state index in [-0.39, 0.29) is 35.3 Å². The first kappa shape index (κ1) is 21.7. The number of nitrogens with one attached hydrogen (secondary N) is 1. The standard InChI is InChI=1S/C21H13F4N7OS/c22-13-5-3-12(4-6-13)10-31-11-26-20(30-31)28-19(33)15-9-18-27-14(16-2-1-7-34-16)8-17(21(23,24)25)32(18)29-15/h1-9,11H,10H2,(H,28,30,33). The van der Waals surface area contributed by atoms with Gasteiger partial charge in [0.05, 0.1) is 17.1 Å². The first-order valence-electron chi connectivity index (χ1n) is 9.73. The summed E-state index contributed by atoms with van der Waals surface area (Å²) in [5, 5.41) is 12.0. The van der Waals surface area contributed by atoms with Crippen LogP contribution in [0, 0.1) is 5.82 Å². The Hall–Kier alpha value is -4.13. The minimum absolute atomic E-state index is 0.0625. The van der Waals surface area contributed by atoms with Gasteiger partial charge in [-0.15, -0.1) is 16.4 Å². The Balaban J connectivity index is 1.40. The van der Waals surface area contributed by atoms with E-state index >= 15 is 0 Å². The topological polar surface area (TPSA) is 90.0 Å². The molecule has 5 aromatic rings. The minimum Gasteiger partial charge on any atom is -0.288 e. The number of aromatic nitrogens is 6. The number of amides is 1. The number of alkyl halides is 3. The molecule has 0 saturated carbocycles. The Kier molecular flexibility index (Phi) is 5.32. The molecule has 5 rings (SSSR count). The molecule has 0 aliphatic rings. The van der Waals surface area contributed by atoms with Crippen LogP contribution in [0.5, 0.6) is 0 Å². The highest BCUT2D eigenvalue weighted by Gasteiger charge is 2.35. The fourth-order valence-corrected chi connectivity index (χ4v) is 3.89. The number of hydrogen-bond donors (Lipinski definition) is 1. The number of benzene rings is 1. The highest BCUT2D eigenvalue weighted by Crippen LogP contribution is 2.33. The molecular formula is C21H13F4N7OS. The Labute approximate surface area is 192 Å². The maximum Gasteiger partial charge on any atom is 0.433 e. The molecule has 0 radical (unpaired) electrons. The maximum absolute atomic E-state index is 13.7. The molecular weight excluding hydrogens is 474 g/mol. The third-order valence-electron chi connectivity index (χ3n) is 4.74. The van der Waals surface area contributed by atoms with E-state index in [1.165, 1.54) is 34.5 Å². The predicted molar refractivity (Wildman–Crippen MR) is 115 cm³/mol. The molecule has 0 bridgehead atoms. The van der Waals surface area contributed by atoms with Gasteiger partial charge in [-0.1, -0.05) is 18.2 Å². The van der Waals surface area contributed by atoms with Crippen molar-refractivity contribution in [3.05, 3.63) is 83.0 Å². The third-order valence-corrected chi connectivity index (χ3v) is 5.64. The van der Waals surface area contributed by atoms with Gasteiger partial charge in [-0.05, 0) is 35.2 Å². The van der Waals surface area contributed by atoms with Gasteiger partial charge in [-0.2, -0.15) is 18.3 Å². The quantitative estimate of drug-likeness (QED) is 0.369. The minimum atomic E-state index is -4.71. The summed E-state index contributed by atoms with van der Waals surface area (Å²) in [5.41, 5.74) is -0.573. The van der Waals surface area contributed by atoms with Gasteiger partial charge < -0.3 is 0 Å². The molecule has 13 heteroatoms. The Morgan fingerprint density at radius 3 is 2.59 bits per heavy atom. The van der Waals surface area contributed by atoms with Gasteiger partial charge in [-0.25, -0.2) is 23.6 Å². The predicted octanol–water partition coefficient (Wildman–Crippen LogP) is 4.51. The second-order valence-corrected chi connectivity index (χ2v) is 8.10. The molecule has 0 aliphatic heterocycles. The summed E-state index contributed by atoms with van der Waals surface area (Å²) < 4.78 is 56.1. The van der Waals surface area contributed by atoms with Gasteiger partial charge >= 0.3 is 6.18 Å².